The number of pyridine rings is 1. The number of amides is 1. The molecule has 24 heavy (non-hydrogen) atoms. The van der Waals surface area contributed by atoms with E-state index in [0.29, 0.717) is 12.1 Å². The second kappa shape index (κ2) is 8.29. The van der Waals surface area contributed by atoms with Gasteiger partial charge in [-0.15, -0.1) is 6.58 Å². The number of aryl methyl sites for hydroxylation is 1. The molecule has 0 aliphatic heterocycles. The number of aromatic nitrogens is 1. The molecule has 0 fully saturated rings. The van der Waals surface area contributed by atoms with Gasteiger partial charge in [0.1, 0.15) is 0 Å². The van der Waals surface area contributed by atoms with Gasteiger partial charge in [-0.3, -0.25) is 9.78 Å². The maximum Gasteiger partial charge on any atom is 0.255 e. The third-order valence-electron chi connectivity index (χ3n) is 4.18. The van der Waals surface area contributed by atoms with Crippen LogP contribution in [0.15, 0.2) is 55.3 Å². The van der Waals surface area contributed by atoms with Gasteiger partial charge in [0.2, 0.25) is 0 Å². The summed E-state index contributed by atoms with van der Waals surface area (Å²) in [6.45, 7) is 8.42. The summed E-state index contributed by atoms with van der Waals surface area (Å²) in [6.07, 6.45) is 4.31. The molecule has 1 heterocycles. The standard InChI is InChI=1S/C20H25N3O/c1-5-12-21-18-11-7-6-10-17(18)20(24)23(4)16(3)14-19-15(2)9-8-13-22-19/h5-11,13,16,21H,1,12,14H2,2-4H3/t16-/m1/s1. The Bertz CT molecular complexity index is 712. The molecule has 0 aliphatic rings. The lowest BCUT2D eigenvalue weighted by Gasteiger charge is -2.26. The predicted octanol–water partition coefficient (Wildman–Crippen LogP) is 3.69. The first-order valence-corrected chi connectivity index (χ1v) is 8.16. The minimum atomic E-state index is 0.00301. The molecule has 126 valence electrons. The highest BCUT2D eigenvalue weighted by Crippen LogP contribution is 2.19. The summed E-state index contributed by atoms with van der Waals surface area (Å²) < 4.78 is 0. The Hall–Kier alpha value is -2.62. The molecule has 0 unspecified atom stereocenters. The van der Waals surface area contributed by atoms with Crippen molar-refractivity contribution < 1.29 is 4.79 Å². The fourth-order valence-corrected chi connectivity index (χ4v) is 2.54. The third kappa shape index (κ3) is 4.22. The lowest BCUT2D eigenvalue weighted by atomic mass is 10.1. The minimum Gasteiger partial charge on any atom is -0.381 e. The number of carbonyl (C=O) groups is 1. The molecule has 0 bridgehead atoms. The summed E-state index contributed by atoms with van der Waals surface area (Å²) >= 11 is 0. The molecule has 4 heteroatoms. The zero-order valence-electron chi connectivity index (χ0n) is 14.6. The van der Waals surface area contributed by atoms with Gasteiger partial charge in [0.05, 0.1) is 5.56 Å². The molecule has 1 amide bonds. The summed E-state index contributed by atoms with van der Waals surface area (Å²) in [6, 6.07) is 11.6. The molecule has 0 saturated carbocycles. The van der Waals surface area contributed by atoms with Crippen LogP contribution in [0.2, 0.25) is 0 Å². The fourth-order valence-electron chi connectivity index (χ4n) is 2.54. The first kappa shape index (κ1) is 17.7. The average Bonchev–Trinajstić information content (AvgIpc) is 2.60. The number of para-hydroxylation sites is 1. The minimum absolute atomic E-state index is 0.00301. The van der Waals surface area contributed by atoms with Gasteiger partial charge in [-0.25, -0.2) is 0 Å². The quantitative estimate of drug-likeness (QED) is 0.790. The van der Waals surface area contributed by atoms with E-state index in [4.69, 9.17) is 0 Å². The van der Waals surface area contributed by atoms with Crippen molar-refractivity contribution in [1.82, 2.24) is 9.88 Å². The van der Waals surface area contributed by atoms with E-state index in [9.17, 15) is 4.79 Å². The summed E-state index contributed by atoms with van der Waals surface area (Å²) in [4.78, 5) is 19.1. The zero-order chi connectivity index (χ0) is 17.5. The van der Waals surface area contributed by atoms with Crippen LogP contribution in [-0.4, -0.2) is 35.4 Å². The van der Waals surface area contributed by atoms with Gasteiger partial charge in [0.25, 0.3) is 5.91 Å². The van der Waals surface area contributed by atoms with E-state index in [-0.39, 0.29) is 11.9 Å². The maximum atomic E-state index is 12.9. The van der Waals surface area contributed by atoms with Crippen LogP contribution < -0.4 is 5.32 Å². The summed E-state index contributed by atoms with van der Waals surface area (Å²) in [5.74, 6) is 0.00301. The maximum absolute atomic E-state index is 12.9. The van der Waals surface area contributed by atoms with Crippen LogP contribution in [0, 0.1) is 6.92 Å². The molecule has 1 atom stereocenters. The van der Waals surface area contributed by atoms with Crippen LogP contribution in [0.25, 0.3) is 0 Å². The fraction of sp³-hybridized carbons (Fsp3) is 0.300. The number of benzene rings is 1. The Balaban J connectivity index is 2.14. The van der Waals surface area contributed by atoms with Crippen LogP contribution in [0.5, 0.6) is 0 Å². The van der Waals surface area contributed by atoms with E-state index in [1.807, 2.05) is 57.3 Å². The Kier molecular flexibility index (Phi) is 6.13. The second-order valence-corrected chi connectivity index (χ2v) is 5.95. The average molecular weight is 323 g/mol. The van der Waals surface area contributed by atoms with Crippen molar-refractivity contribution in [3.05, 3.63) is 72.1 Å². The highest BCUT2D eigenvalue weighted by atomic mass is 16.2. The van der Waals surface area contributed by atoms with Crippen LogP contribution >= 0.6 is 0 Å². The molecule has 1 aromatic carbocycles. The monoisotopic (exact) mass is 323 g/mol. The molecule has 2 aromatic rings. The number of nitrogens with zero attached hydrogens (tertiary/aromatic N) is 2. The Morgan fingerprint density at radius 1 is 1.33 bits per heavy atom. The van der Waals surface area contributed by atoms with Crippen LogP contribution in [0.1, 0.15) is 28.5 Å². The van der Waals surface area contributed by atoms with Gasteiger partial charge in [-0.2, -0.15) is 0 Å². The van der Waals surface area contributed by atoms with E-state index in [1.54, 1.807) is 17.2 Å². The lowest BCUT2D eigenvalue weighted by molar-refractivity contribution is 0.0743. The first-order chi connectivity index (χ1) is 11.5. The van der Waals surface area contributed by atoms with E-state index in [0.717, 1.165) is 23.4 Å². The number of hydrogen-bond acceptors (Lipinski definition) is 3. The molecular formula is C20H25N3O. The number of rotatable bonds is 7. The molecule has 0 aliphatic carbocycles. The Morgan fingerprint density at radius 3 is 2.79 bits per heavy atom. The largest absolute Gasteiger partial charge is 0.381 e. The Labute approximate surface area is 144 Å². The van der Waals surface area contributed by atoms with E-state index >= 15 is 0 Å². The summed E-state index contributed by atoms with van der Waals surface area (Å²) in [5, 5.41) is 3.22. The van der Waals surface area contributed by atoms with Crippen LogP contribution in [0.3, 0.4) is 0 Å². The highest BCUT2D eigenvalue weighted by molar-refractivity contribution is 5.99. The van der Waals surface area contributed by atoms with Crippen molar-refractivity contribution in [2.24, 2.45) is 0 Å². The summed E-state index contributed by atoms with van der Waals surface area (Å²) in [7, 11) is 1.84. The highest BCUT2D eigenvalue weighted by Gasteiger charge is 2.20. The molecule has 2 rings (SSSR count). The topological polar surface area (TPSA) is 45.2 Å². The number of nitrogens with one attached hydrogen (secondary N) is 1. The first-order valence-electron chi connectivity index (χ1n) is 8.16. The third-order valence-corrected chi connectivity index (χ3v) is 4.18. The van der Waals surface area contributed by atoms with Gasteiger partial charge >= 0.3 is 0 Å². The van der Waals surface area contributed by atoms with Crippen molar-refractivity contribution in [2.45, 2.75) is 26.3 Å². The number of carbonyl (C=O) groups excluding carboxylic acids is 1. The van der Waals surface area contributed by atoms with Gasteiger partial charge in [-0.05, 0) is 37.6 Å². The van der Waals surface area contributed by atoms with Crippen LogP contribution in [0.4, 0.5) is 5.69 Å². The smallest absolute Gasteiger partial charge is 0.255 e. The van der Waals surface area contributed by atoms with Gasteiger partial charge < -0.3 is 10.2 Å². The number of hydrogen-bond donors (Lipinski definition) is 1. The van der Waals surface area contributed by atoms with E-state index in [2.05, 4.69) is 16.9 Å². The number of anilines is 1. The van der Waals surface area contributed by atoms with Crippen molar-refractivity contribution >= 4 is 11.6 Å². The van der Waals surface area contributed by atoms with Gasteiger partial charge in [-0.1, -0.05) is 24.3 Å². The predicted molar refractivity (Wildman–Crippen MR) is 99.4 cm³/mol. The molecule has 4 nitrogen and oxygen atoms in total. The Morgan fingerprint density at radius 2 is 2.08 bits per heavy atom. The SMILES string of the molecule is C=CCNc1ccccc1C(=O)N(C)[C@H](C)Cc1ncccc1C. The van der Waals surface area contributed by atoms with Crippen LogP contribution in [-0.2, 0) is 6.42 Å². The molecule has 0 saturated heterocycles. The van der Waals surface area contributed by atoms with Crippen molar-refractivity contribution in [3.8, 4) is 0 Å². The normalized spacial score (nSPS) is 11.6. The van der Waals surface area contributed by atoms with Crippen molar-refractivity contribution in [1.29, 1.82) is 0 Å². The molecule has 1 aromatic heterocycles. The van der Waals surface area contributed by atoms with Crippen molar-refractivity contribution in [2.75, 3.05) is 18.9 Å². The van der Waals surface area contributed by atoms with E-state index in [1.165, 1.54) is 0 Å². The molecule has 0 radical (unpaired) electrons. The van der Waals surface area contributed by atoms with Gasteiger partial charge in [0, 0.05) is 43.6 Å². The summed E-state index contributed by atoms with van der Waals surface area (Å²) in [5.41, 5.74) is 3.68. The van der Waals surface area contributed by atoms with E-state index < -0.39 is 0 Å². The second-order valence-electron chi connectivity index (χ2n) is 5.95. The molecule has 1 N–H and O–H groups in total. The molecular weight excluding hydrogens is 298 g/mol. The lowest BCUT2D eigenvalue weighted by Crippen LogP contribution is -2.37. The van der Waals surface area contributed by atoms with Crippen molar-refractivity contribution in [3.63, 3.8) is 0 Å². The number of likely N-dealkylation sites (N-methyl/N-ethyl adjacent to an activating group) is 1. The van der Waals surface area contributed by atoms with Gasteiger partial charge in [0.15, 0.2) is 0 Å². The zero-order valence-corrected chi connectivity index (χ0v) is 14.6. The molecule has 0 spiro atoms.